The molecule has 90 valence electrons. The highest BCUT2D eigenvalue weighted by Crippen LogP contribution is 2.48. The quantitative estimate of drug-likeness (QED) is 0.714. The Kier molecular flexibility index (Phi) is 4.54. The molecular weight excluding hydrogens is 202 g/mol. The highest BCUT2D eigenvalue weighted by molar-refractivity contribution is 8.00. The number of rotatable bonds is 7. The number of thioether (sulfide) groups is 1. The van der Waals surface area contributed by atoms with Gasteiger partial charge in [0.2, 0.25) is 0 Å². The van der Waals surface area contributed by atoms with E-state index >= 15 is 0 Å². The first-order valence-electron chi connectivity index (χ1n) is 6.30. The van der Waals surface area contributed by atoms with E-state index in [1.54, 1.807) is 0 Å². The van der Waals surface area contributed by atoms with Gasteiger partial charge < -0.3 is 5.32 Å². The Morgan fingerprint density at radius 3 is 2.20 bits per heavy atom. The molecule has 15 heavy (non-hydrogen) atoms. The maximum Gasteiger partial charge on any atom is 0.0276 e. The van der Waals surface area contributed by atoms with Crippen molar-refractivity contribution < 1.29 is 0 Å². The van der Waals surface area contributed by atoms with E-state index in [4.69, 9.17) is 0 Å². The summed E-state index contributed by atoms with van der Waals surface area (Å²) in [6.45, 7) is 10.5. The maximum atomic E-state index is 3.76. The van der Waals surface area contributed by atoms with Crippen molar-refractivity contribution in [3.05, 3.63) is 0 Å². The summed E-state index contributed by atoms with van der Waals surface area (Å²) in [5.74, 6) is 0. The standard InChI is InChI=1S/C13H27NS/c1-6-13(7-2,15-5)10-14-11(3)12(4)8-9-12/h11,14H,6-10H2,1-5H3. The van der Waals surface area contributed by atoms with Crippen LogP contribution in [0.1, 0.15) is 53.4 Å². The average molecular weight is 229 g/mol. The van der Waals surface area contributed by atoms with Crippen LogP contribution >= 0.6 is 11.8 Å². The van der Waals surface area contributed by atoms with Gasteiger partial charge in [-0.15, -0.1) is 0 Å². The zero-order chi connectivity index (χ0) is 11.5. The predicted octanol–water partition coefficient (Wildman–Crippen LogP) is 3.69. The van der Waals surface area contributed by atoms with Crippen LogP contribution in [-0.2, 0) is 0 Å². The molecule has 1 fully saturated rings. The Labute approximate surface area is 99.8 Å². The third kappa shape index (κ3) is 3.13. The molecule has 0 heterocycles. The van der Waals surface area contributed by atoms with Gasteiger partial charge in [-0.3, -0.25) is 0 Å². The third-order valence-electron chi connectivity index (χ3n) is 4.54. The van der Waals surface area contributed by atoms with E-state index in [1.165, 1.54) is 25.7 Å². The maximum absolute atomic E-state index is 3.76. The molecule has 0 aliphatic heterocycles. The molecule has 0 amide bonds. The minimum absolute atomic E-state index is 0.458. The first-order valence-corrected chi connectivity index (χ1v) is 7.53. The van der Waals surface area contributed by atoms with Crippen LogP contribution in [0.25, 0.3) is 0 Å². The van der Waals surface area contributed by atoms with E-state index in [9.17, 15) is 0 Å². The van der Waals surface area contributed by atoms with Crippen molar-refractivity contribution in [3.63, 3.8) is 0 Å². The first-order chi connectivity index (χ1) is 7.02. The lowest BCUT2D eigenvalue weighted by molar-refractivity contribution is 0.355. The molecule has 1 nitrogen and oxygen atoms in total. The Balaban J connectivity index is 2.39. The van der Waals surface area contributed by atoms with Gasteiger partial charge in [-0.25, -0.2) is 0 Å². The number of hydrogen-bond acceptors (Lipinski definition) is 2. The van der Waals surface area contributed by atoms with Gasteiger partial charge in [0.25, 0.3) is 0 Å². The Hall–Kier alpha value is 0.310. The Morgan fingerprint density at radius 1 is 1.33 bits per heavy atom. The van der Waals surface area contributed by atoms with Crippen molar-refractivity contribution in [1.82, 2.24) is 5.32 Å². The lowest BCUT2D eigenvalue weighted by atomic mass is 9.97. The fourth-order valence-electron chi connectivity index (χ4n) is 2.08. The van der Waals surface area contributed by atoms with E-state index in [1.807, 2.05) is 11.8 Å². The molecule has 1 N–H and O–H groups in total. The van der Waals surface area contributed by atoms with Crippen LogP contribution in [0.5, 0.6) is 0 Å². The summed E-state index contributed by atoms with van der Waals surface area (Å²) in [6, 6.07) is 0.683. The second kappa shape index (κ2) is 5.09. The zero-order valence-electron chi connectivity index (χ0n) is 11.0. The number of hydrogen-bond donors (Lipinski definition) is 1. The van der Waals surface area contributed by atoms with E-state index in [-0.39, 0.29) is 0 Å². The van der Waals surface area contributed by atoms with E-state index < -0.39 is 0 Å². The second-order valence-corrected chi connectivity index (χ2v) is 6.63. The average Bonchev–Trinajstić information content (AvgIpc) is 3.00. The molecule has 0 saturated heterocycles. The molecule has 0 spiro atoms. The van der Waals surface area contributed by atoms with Gasteiger partial charge >= 0.3 is 0 Å². The van der Waals surface area contributed by atoms with Gasteiger partial charge in [-0.2, -0.15) is 11.8 Å². The van der Waals surface area contributed by atoms with E-state index in [0.29, 0.717) is 16.2 Å². The lowest BCUT2D eigenvalue weighted by Gasteiger charge is -2.33. The van der Waals surface area contributed by atoms with Gasteiger partial charge in [0, 0.05) is 17.3 Å². The van der Waals surface area contributed by atoms with E-state index in [2.05, 4.69) is 39.3 Å². The normalized spacial score (nSPS) is 21.4. The summed E-state index contributed by atoms with van der Waals surface area (Å²) in [6.07, 6.45) is 7.59. The fraction of sp³-hybridized carbons (Fsp3) is 1.00. The third-order valence-corrected chi connectivity index (χ3v) is 6.12. The largest absolute Gasteiger partial charge is 0.312 e. The van der Waals surface area contributed by atoms with E-state index in [0.717, 1.165) is 6.54 Å². The van der Waals surface area contributed by atoms with Crippen LogP contribution in [0.2, 0.25) is 0 Å². The predicted molar refractivity (Wildman–Crippen MR) is 71.6 cm³/mol. The molecule has 1 saturated carbocycles. The van der Waals surface area contributed by atoms with Crippen molar-refractivity contribution in [2.45, 2.75) is 64.2 Å². The summed E-state index contributed by atoms with van der Waals surface area (Å²) in [5, 5.41) is 3.76. The summed E-state index contributed by atoms with van der Waals surface area (Å²) in [4.78, 5) is 0. The molecular formula is C13H27NS. The number of nitrogens with one attached hydrogen (secondary N) is 1. The minimum atomic E-state index is 0.458. The molecule has 0 aromatic rings. The van der Waals surface area contributed by atoms with Crippen molar-refractivity contribution >= 4 is 11.8 Å². The van der Waals surface area contributed by atoms with Gasteiger partial charge in [-0.1, -0.05) is 20.8 Å². The summed E-state index contributed by atoms with van der Waals surface area (Å²) in [5.41, 5.74) is 0.603. The highest BCUT2D eigenvalue weighted by atomic mass is 32.2. The summed E-state index contributed by atoms with van der Waals surface area (Å²) >= 11 is 2.03. The molecule has 1 atom stereocenters. The van der Waals surface area contributed by atoms with Gasteiger partial charge in [0.05, 0.1) is 0 Å². The van der Waals surface area contributed by atoms with Gasteiger partial charge in [0.15, 0.2) is 0 Å². The van der Waals surface area contributed by atoms with Gasteiger partial charge in [0.1, 0.15) is 0 Å². The van der Waals surface area contributed by atoms with Crippen LogP contribution in [0, 0.1) is 5.41 Å². The highest BCUT2D eigenvalue weighted by Gasteiger charge is 2.42. The molecule has 1 aliphatic carbocycles. The van der Waals surface area contributed by atoms with Gasteiger partial charge in [-0.05, 0) is 44.3 Å². The first kappa shape index (κ1) is 13.4. The summed E-state index contributed by atoms with van der Waals surface area (Å²) in [7, 11) is 0. The molecule has 1 aliphatic rings. The zero-order valence-corrected chi connectivity index (χ0v) is 11.8. The SMILES string of the molecule is CCC(CC)(CNC(C)C1(C)CC1)SC. The molecule has 0 bridgehead atoms. The Morgan fingerprint density at radius 2 is 1.87 bits per heavy atom. The molecule has 1 unspecified atom stereocenters. The molecule has 0 radical (unpaired) electrons. The van der Waals surface area contributed by atoms with Crippen LogP contribution < -0.4 is 5.32 Å². The Bertz CT molecular complexity index is 186. The summed E-state index contributed by atoms with van der Waals surface area (Å²) < 4.78 is 0.458. The van der Waals surface area contributed by atoms with Crippen LogP contribution in [0.3, 0.4) is 0 Å². The topological polar surface area (TPSA) is 12.0 Å². The smallest absolute Gasteiger partial charge is 0.0276 e. The van der Waals surface area contributed by atoms with Crippen LogP contribution in [0.15, 0.2) is 0 Å². The van der Waals surface area contributed by atoms with Crippen molar-refractivity contribution in [2.75, 3.05) is 12.8 Å². The fourth-order valence-corrected chi connectivity index (χ4v) is 2.88. The molecule has 2 heteroatoms. The monoisotopic (exact) mass is 229 g/mol. The second-order valence-electron chi connectivity index (χ2n) is 5.35. The van der Waals surface area contributed by atoms with Crippen molar-refractivity contribution in [2.24, 2.45) is 5.41 Å². The van der Waals surface area contributed by atoms with Crippen LogP contribution in [0.4, 0.5) is 0 Å². The van der Waals surface area contributed by atoms with Crippen LogP contribution in [-0.4, -0.2) is 23.6 Å². The molecule has 1 rings (SSSR count). The van der Waals surface area contributed by atoms with Crippen molar-refractivity contribution in [1.29, 1.82) is 0 Å². The minimum Gasteiger partial charge on any atom is -0.312 e. The lowest BCUT2D eigenvalue weighted by Crippen LogP contribution is -2.43. The molecule has 0 aromatic carbocycles. The molecule has 0 aromatic heterocycles. The van der Waals surface area contributed by atoms with Crippen molar-refractivity contribution in [3.8, 4) is 0 Å².